The van der Waals surface area contributed by atoms with E-state index in [1.165, 1.54) is 12.1 Å². The number of carbonyl (C=O) groups excluding carboxylic acids is 1. The molecule has 1 saturated heterocycles. The average Bonchev–Trinajstić information content (AvgIpc) is 2.22. The van der Waals surface area contributed by atoms with Crippen LogP contribution in [0.3, 0.4) is 0 Å². The summed E-state index contributed by atoms with van der Waals surface area (Å²) in [5.74, 6) is 0.0763. The van der Waals surface area contributed by atoms with Crippen molar-refractivity contribution in [1.82, 2.24) is 5.32 Å². The lowest BCUT2D eigenvalue weighted by Crippen LogP contribution is -2.37. The Morgan fingerprint density at radius 1 is 1.47 bits per heavy atom. The van der Waals surface area contributed by atoms with Crippen LogP contribution in [0.5, 0.6) is 0 Å². The number of halogens is 1. The SMILES string of the molecule is O=C1CNCCC1Cc1cccc(F)c1. The predicted molar refractivity (Wildman–Crippen MR) is 56.1 cm³/mol. The van der Waals surface area contributed by atoms with Gasteiger partial charge in [-0.2, -0.15) is 0 Å². The van der Waals surface area contributed by atoms with Crippen LogP contribution in [0.15, 0.2) is 24.3 Å². The van der Waals surface area contributed by atoms with Gasteiger partial charge in [0.25, 0.3) is 0 Å². The number of Topliss-reactive ketones (excluding diaryl/α,β-unsaturated/α-hetero) is 1. The van der Waals surface area contributed by atoms with Gasteiger partial charge in [0.15, 0.2) is 0 Å². The molecular weight excluding hydrogens is 193 g/mol. The summed E-state index contributed by atoms with van der Waals surface area (Å²) in [6, 6.07) is 6.50. The molecule has 1 unspecified atom stereocenters. The molecule has 0 radical (unpaired) electrons. The molecule has 15 heavy (non-hydrogen) atoms. The van der Waals surface area contributed by atoms with Crippen molar-refractivity contribution in [3.05, 3.63) is 35.6 Å². The number of nitrogens with one attached hydrogen (secondary N) is 1. The van der Waals surface area contributed by atoms with Gasteiger partial charge >= 0.3 is 0 Å². The van der Waals surface area contributed by atoms with Crippen molar-refractivity contribution in [2.24, 2.45) is 5.92 Å². The van der Waals surface area contributed by atoms with Crippen molar-refractivity contribution in [1.29, 1.82) is 0 Å². The zero-order valence-corrected chi connectivity index (χ0v) is 8.50. The molecule has 2 nitrogen and oxygen atoms in total. The zero-order chi connectivity index (χ0) is 10.7. The summed E-state index contributed by atoms with van der Waals surface area (Å²) in [5.41, 5.74) is 0.912. The van der Waals surface area contributed by atoms with Crippen molar-refractivity contribution >= 4 is 5.78 Å². The minimum Gasteiger partial charge on any atom is -0.310 e. The van der Waals surface area contributed by atoms with Gasteiger partial charge < -0.3 is 5.32 Å². The van der Waals surface area contributed by atoms with E-state index in [1.54, 1.807) is 6.07 Å². The Labute approximate surface area is 88.5 Å². The lowest BCUT2D eigenvalue weighted by atomic mass is 9.90. The Morgan fingerprint density at radius 3 is 3.07 bits per heavy atom. The van der Waals surface area contributed by atoms with Gasteiger partial charge in [0.2, 0.25) is 0 Å². The van der Waals surface area contributed by atoms with E-state index in [2.05, 4.69) is 5.32 Å². The molecule has 3 heteroatoms. The molecule has 80 valence electrons. The highest BCUT2D eigenvalue weighted by Gasteiger charge is 2.21. The average molecular weight is 207 g/mol. The quantitative estimate of drug-likeness (QED) is 0.797. The molecule has 1 atom stereocenters. The number of hydrogen-bond donors (Lipinski definition) is 1. The molecule has 1 N–H and O–H groups in total. The predicted octanol–water partition coefficient (Wildman–Crippen LogP) is 1.55. The van der Waals surface area contributed by atoms with Crippen LogP contribution in [-0.4, -0.2) is 18.9 Å². The van der Waals surface area contributed by atoms with Crippen LogP contribution in [0.1, 0.15) is 12.0 Å². The molecule has 1 heterocycles. The number of rotatable bonds is 2. The number of carbonyl (C=O) groups is 1. The lowest BCUT2D eigenvalue weighted by Gasteiger charge is -2.21. The number of hydrogen-bond acceptors (Lipinski definition) is 2. The molecule has 0 amide bonds. The minimum absolute atomic E-state index is 0.0630. The van der Waals surface area contributed by atoms with Gasteiger partial charge in [-0.25, -0.2) is 4.39 Å². The van der Waals surface area contributed by atoms with Crippen LogP contribution >= 0.6 is 0 Å². The maximum Gasteiger partial charge on any atom is 0.150 e. The molecule has 1 aromatic rings. The van der Waals surface area contributed by atoms with Crippen molar-refractivity contribution in [2.75, 3.05) is 13.1 Å². The maximum absolute atomic E-state index is 12.9. The summed E-state index contributed by atoms with van der Waals surface area (Å²) in [4.78, 5) is 11.5. The number of benzene rings is 1. The highest BCUT2D eigenvalue weighted by molar-refractivity contribution is 5.83. The van der Waals surface area contributed by atoms with Gasteiger partial charge in [-0.1, -0.05) is 12.1 Å². The first-order chi connectivity index (χ1) is 7.25. The number of piperidine rings is 1. The van der Waals surface area contributed by atoms with Crippen LogP contribution in [-0.2, 0) is 11.2 Å². The van der Waals surface area contributed by atoms with Gasteiger partial charge in [-0.3, -0.25) is 4.79 Å². The molecule has 1 aliphatic heterocycles. The smallest absolute Gasteiger partial charge is 0.150 e. The molecule has 0 saturated carbocycles. The topological polar surface area (TPSA) is 29.1 Å². The van der Waals surface area contributed by atoms with Crippen molar-refractivity contribution < 1.29 is 9.18 Å². The van der Waals surface area contributed by atoms with E-state index in [-0.39, 0.29) is 17.5 Å². The fourth-order valence-electron chi connectivity index (χ4n) is 1.96. The normalized spacial score (nSPS) is 21.7. The first-order valence-corrected chi connectivity index (χ1v) is 5.23. The first-order valence-electron chi connectivity index (χ1n) is 5.23. The second-order valence-corrected chi connectivity index (χ2v) is 3.96. The van der Waals surface area contributed by atoms with Gasteiger partial charge in [0, 0.05) is 5.92 Å². The molecule has 0 bridgehead atoms. The Morgan fingerprint density at radius 2 is 2.33 bits per heavy atom. The molecule has 1 fully saturated rings. The highest BCUT2D eigenvalue weighted by atomic mass is 19.1. The lowest BCUT2D eigenvalue weighted by molar-refractivity contribution is -0.123. The maximum atomic E-state index is 12.9. The van der Waals surface area contributed by atoms with Crippen LogP contribution in [0.25, 0.3) is 0 Å². The second kappa shape index (κ2) is 4.53. The van der Waals surface area contributed by atoms with E-state index in [4.69, 9.17) is 0 Å². The largest absolute Gasteiger partial charge is 0.310 e. The van der Waals surface area contributed by atoms with Gasteiger partial charge in [-0.15, -0.1) is 0 Å². The zero-order valence-electron chi connectivity index (χ0n) is 8.50. The summed E-state index contributed by atoms with van der Waals surface area (Å²) in [7, 11) is 0. The van der Waals surface area contributed by atoms with E-state index < -0.39 is 0 Å². The molecule has 0 aromatic heterocycles. The molecule has 1 aromatic carbocycles. The van der Waals surface area contributed by atoms with E-state index in [0.29, 0.717) is 13.0 Å². The summed E-state index contributed by atoms with van der Waals surface area (Å²) in [6.45, 7) is 1.34. The third-order valence-corrected chi connectivity index (χ3v) is 2.80. The summed E-state index contributed by atoms with van der Waals surface area (Å²) in [6.07, 6.45) is 1.52. The van der Waals surface area contributed by atoms with Crippen LogP contribution in [0.4, 0.5) is 4.39 Å². The van der Waals surface area contributed by atoms with Crippen LogP contribution in [0.2, 0.25) is 0 Å². The fraction of sp³-hybridized carbons (Fsp3) is 0.417. The van der Waals surface area contributed by atoms with Crippen molar-refractivity contribution in [2.45, 2.75) is 12.8 Å². The van der Waals surface area contributed by atoms with Crippen molar-refractivity contribution in [3.8, 4) is 0 Å². The number of ketones is 1. The summed E-state index contributed by atoms with van der Waals surface area (Å²) >= 11 is 0. The Bertz CT molecular complexity index is 364. The second-order valence-electron chi connectivity index (χ2n) is 3.96. The monoisotopic (exact) mass is 207 g/mol. The van der Waals surface area contributed by atoms with Crippen LogP contribution < -0.4 is 5.32 Å². The Kier molecular flexibility index (Phi) is 3.11. The Balaban J connectivity index is 2.04. The molecule has 1 aliphatic rings. The van der Waals surface area contributed by atoms with Crippen molar-refractivity contribution in [3.63, 3.8) is 0 Å². The fourth-order valence-corrected chi connectivity index (χ4v) is 1.96. The van der Waals surface area contributed by atoms with Gasteiger partial charge in [-0.05, 0) is 37.1 Å². The third-order valence-electron chi connectivity index (χ3n) is 2.80. The first kappa shape index (κ1) is 10.3. The summed E-state index contributed by atoms with van der Waals surface area (Å²) < 4.78 is 12.9. The Hall–Kier alpha value is -1.22. The molecular formula is C12H14FNO. The molecule has 2 rings (SSSR count). The van der Waals surface area contributed by atoms with E-state index in [9.17, 15) is 9.18 Å². The summed E-state index contributed by atoms with van der Waals surface area (Å²) in [5, 5.41) is 3.04. The standard InChI is InChI=1S/C12H14FNO/c13-11-3-1-2-9(7-11)6-10-4-5-14-8-12(10)15/h1-3,7,10,14H,4-6,8H2. The van der Waals surface area contributed by atoms with E-state index >= 15 is 0 Å². The molecule has 0 aliphatic carbocycles. The minimum atomic E-state index is -0.228. The highest BCUT2D eigenvalue weighted by Crippen LogP contribution is 2.16. The van der Waals surface area contributed by atoms with Gasteiger partial charge in [0.1, 0.15) is 11.6 Å². The van der Waals surface area contributed by atoms with Gasteiger partial charge in [0.05, 0.1) is 6.54 Å². The third kappa shape index (κ3) is 2.63. The van der Waals surface area contributed by atoms with E-state index in [1.807, 2.05) is 6.07 Å². The van der Waals surface area contributed by atoms with Crippen LogP contribution in [0, 0.1) is 11.7 Å². The van der Waals surface area contributed by atoms with E-state index in [0.717, 1.165) is 18.5 Å². The molecule has 0 spiro atoms.